The zero-order chi connectivity index (χ0) is 14.4. The molecule has 21 heavy (non-hydrogen) atoms. The van der Waals surface area contributed by atoms with Gasteiger partial charge in [-0.3, -0.25) is 0 Å². The van der Waals surface area contributed by atoms with Gasteiger partial charge in [0.2, 0.25) is 0 Å². The molecule has 2 aromatic carbocycles. The van der Waals surface area contributed by atoms with E-state index in [9.17, 15) is 0 Å². The van der Waals surface area contributed by atoms with Crippen molar-refractivity contribution >= 4 is 33.2 Å². The van der Waals surface area contributed by atoms with Crippen LogP contribution in [0.5, 0.6) is 0 Å². The summed E-state index contributed by atoms with van der Waals surface area (Å²) in [6.45, 7) is 0. The number of anilines is 1. The smallest absolute Gasteiger partial charge is 0.0553 e. The first-order valence-corrected chi connectivity index (χ1v) is 8.37. The van der Waals surface area contributed by atoms with Crippen molar-refractivity contribution in [1.29, 1.82) is 0 Å². The van der Waals surface area contributed by atoms with Crippen LogP contribution in [-0.4, -0.2) is 0 Å². The Labute approximate surface area is 138 Å². The summed E-state index contributed by atoms with van der Waals surface area (Å²) in [5.74, 6) is 1.08. The van der Waals surface area contributed by atoms with Crippen LogP contribution in [0, 0.1) is 5.92 Å². The van der Waals surface area contributed by atoms with Crippen molar-refractivity contribution in [3.63, 3.8) is 0 Å². The third-order valence-electron chi connectivity index (χ3n) is 4.55. The average Bonchev–Trinajstić information content (AvgIpc) is 2.97. The van der Waals surface area contributed by atoms with Crippen LogP contribution in [0.2, 0.25) is 5.02 Å². The van der Waals surface area contributed by atoms with Crippen LogP contribution in [-0.2, 0) is 0 Å². The van der Waals surface area contributed by atoms with Gasteiger partial charge in [0, 0.05) is 21.1 Å². The fraction of sp³-hybridized carbons (Fsp3) is 0.222. The van der Waals surface area contributed by atoms with Crippen molar-refractivity contribution in [2.75, 3.05) is 5.32 Å². The molecule has 0 aromatic heterocycles. The highest BCUT2D eigenvalue weighted by Gasteiger charge is 2.37. The maximum atomic E-state index is 6.02. The van der Waals surface area contributed by atoms with Crippen molar-refractivity contribution < 1.29 is 0 Å². The van der Waals surface area contributed by atoms with Crippen LogP contribution in [0.15, 0.2) is 59.1 Å². The van der Waals surface area contributed by atoms with Crippen LogP contribution < -0.4 is 5.32 Å². The lowest BCUT2D eigenvalue weighted by Crippen LogP contribution is -2.28. The molecule has 1 heterocycles. The summed E-state index contributed by atoms with van der Waals surface area (Å²) in [5, 5.41) is 4.52. The van der Waals surface area contributed by atoms with E-state index in [0.29, 0.717) is 17.9 Å². The average molecular weight is 361 g/mol. The molecule has 1 aliphatic heterocycles. The van der Waals surface area contributed by atoms with E-state index in [2.05, 4.69) is 63.7 Å². The standard InChI is InChI=1S/C18H15BrClN/c19-12-6-9-17-16(10-12)14-2-1-3-15(14)18(21-17)11-4-7-13(20)8-5-11/h1-2,4-10,14-15,18,21H,3H2/t14-,15-,18+/m1/s1. The van der Waals surface area contributed by atoms with Crippen molar-refractivity contribution in [2.24, 2.45) is 5.92 Å². The highest BCUT2D eigenvalue weighted by Crippen LogP contribution is 2.50. The molecule has 2 aliphatic rings. The van der Waals surface area contributed by atoms with E-state index in [1.165, 1.54) is 16.8 Å². The van der Waals surface area contributed by atoms with Gasteiger partial charge in [-0.15, -0.1) is 0 Å². The predicted molar refractivity (Wildman–Crippen MR) is 91.9 cm³/mol. The van der Waals surface area contributed by atoms with Crippen molar-refractivity contribution in [1.82, 2.24) is 0 Å². The normalized spacial score (nSPS) is 26.1. The van der Waals surface area contributed by atoms with Gasteiger partial charge < -0.3 is 5.32 Å². The molecule has 0 spiro atoms. The number of nitrogens with one attached hydrogen (secondary N) is 1. The van der Waals surface area contributed by atoms with Crippen LogP contribution >= 0.6 is 27.5 Å². The first-order valence-electron chi connectivity index (χ1n) is 7.20. The van der Waals surface area contributed by atoms with Crippen molar-refractivity contribution in [2.45, 2.75) is 18.4 Å². The lowest BCUT2D eigenvalue weighted by Gasteiger charge is -2.37. The molecule has 0 unspecified atom stereocenters. The maximum absolute atomic E-state index is 6.02. The Balaban J connectivity index is 1.78. The molecule has 4 rings (SSSR count). The Morgan fingerprint density at radius 1 is 1.10 bits per heavy atom. The van der Waals surface area contributed by atoms with Gasteiger partial charge in [-0.1, -0.05) is 51.8 Å². The summed E-state index contributed by atoms with van der Waals surface area (Å²) >= 11 is 9.61. The van der Waals surface area contributed by atoms with Gasteiger partial charge in [-0.05, 0) is 53.8 Å². The monoisotopic (exact) mass is 359 g/mol. The van der Waals surface area contributed by atoms with Crippen molar-refractivity contribution in [3.05, 3.63) is 75.2 Å². The fourth-order valence-corrected chi connectivity index (χ4v) is 4.07. The second kappa shape index (κ2) is 5.19. The van der Waals surface area contributed by atoms with E-state index in [1.807, 2.05) is 12.1 Å². The van der Waals surface area contributed by atoms with E-state index >= 15 is 0 Å². The maximum Gasteiger partial charge on any atom is 0.0553 e. The number of hydrogen-bond acceptors (Lipinski definition) is 1. The SMILES string of the molecule is Clc1ccc([C@@H]2Nc3ccc(Br)cc3[C@@H]3C=CC[C@H]32)cc1. The Morgan fingerprint density at radius 2 is 1.90 bits per heavy atom. The Kier molecular flexibility index (Phi) is 3.31. The zero-order valence-corrected chi connectivity index (χ0v) is 13.7. The van der Waals surface area contributed by atoms with Gasteiger partial charge in [-0.25, -0.2) is 0 Å². The summed E-state index contributed by atoms with van der Waals surface area (Å²) in [6.07, 6.45) is 5.80. The topological polar surface area (TPSA) is 12.0 Å². The molecular weight excluding hydrogens is 346 g/mol. The minimum atomic E-state index is 0.343. The molecule has 2 aromatic rings. The lowest BCUT2D eigenvalue weighted by atomic mass is 9.77. The van der Waals surface area contributed by atoms with E-state index in [1.54, 1.807) is 0 Å². The zero-order valence-electron chi connectivity index (χ0n) is 11.4. The molecule has 0 bridgehead atoms. The molecule has 106 valence electrons. The predicted octanol–water partition coefficient (Wildman–Crippen LogP) is 5.93. The second-order valence-corrected chi connectivity index (χ2v) is 7.11. The van der Waals surface area contributed by atoms with Gasteiger partial charge in [0.25, 0.3) is 0 Å². The van der Waals surface area contributed by atoms with Gasteiger partial charge >= 0.3 is 0 Å². The summed E-state index contributed by atoms with van der Waals surface area (Å²) in [7, 11) is 0. The summed E-state index contributed by atoms with van der Waals surface area (Å²) < 4.78 is 1.15. The second-order valence-electron chi connectivity index (χ2n) is 5.76. The lowest BCUT2D eigenvalue weighted by molar-refractivity contribution is 0.425. The number of rotatable bonds is 1. The number of hydrogen-bond donors (Lipinski definition) is 1. The summed E-state index contributed by atoms with van der Waals surface area (Å²) in [4.78, 5) is 0. The van der Waals surface area contributed by atoms with E-state index < -0.39 is 0 Å². The molecule has 0 radical (unpaired) electrons. The van der Waals surface area contributed by atoms with Gasteiger partial charge in [0.15, 0.2) is 0 Å². The third kappa shape index (κ3) is 2.31. The van der Waals surface area contributed by atoms with Gasteiger partial charge in [0.1, 0.15) is 0 Å². The quantitative estimate of drug-likeness (QED) is 0.622. The molecular formula is C18H15BrClN. The number of fused-ring (bicyclic) bond motifs is 3. The van der Waals surface area contributed by atoms with Gasteiger partial charge in [0.05, 0.1) is 6.04 Å². The molecule has 0 amide bonds. The van der Waals surface area contributed by atoms with Crippen LogP contribution in [0.25, 0.3) is 0 Å². The molecule has 3 atom stereocenters. The third-order valence-corrected chi connectivity index (χ3v) is 5.30. The molecule has 1 nitrogen and oxygen atoms in total. The van der Waals surface area contributed by atoms with E-state index in [4.69, 9.17) is 11.6 Å². The Bertz CT molecular complexity index is 708. The van der Waals surface area contributed by atoms with Crippen LogP contribution in [0.1, 0.15) is 29.5 Å². The minimum absolute atomic E-state index is 0.343. The van der Waals surface area contributed by atoms with Gasteiger partial charge in [-0.2, -0.15) is 0 Å². The number of allylic oxidation sites excluding steroid dienone is 2. The fourth-order valence-electron chi connectivity index (χ4n) is 3.57. The first kappa shape index (κ1) is 13.4. The molecule has 0 saturated carbocycles. The first-order chi connectivity index (χ1) is 10.2. The Hall–Kier alpha value is -1.25. The molecule has 0 fully saturated rings. The summed E-state index contributed by atoms with van der Waals surface area (Å²) in [5.41, 5.74) is 3.95. The Morgan fingerprint density at radius 3 is 2.71 bits per heavy atom. The van der Waals surface area contributed by atoms with Crippen LogP contribution in [0.4, 0.5) is 5.69 Å². The molecule has 3 heteroatoms. The van der Waals surface area contributed by atoms with E-state index in [-0.39, 0.29) is 0 Å². The molecule has 1 aliphatic carbocycles. The van der Waals surface area contributed by atoms with Crippen LogP contribution in [0.3, 0.4) is 0 Å². The molecule has 0 saturated heterocycles. The summed E-state index contributed by atoms with van der Waals surface area (Å²) in [6, 6.07) is 15.1. The number of halogens is 2. The largest absolute Gasteiger partial charge is 0.378 e. The highest BCUT2D eigenvalue weighted by atomic mass is 79.9. The van der Waals surface area contributed by atoms with Crippen molar-refractivity contribution in [3.8, 4) is 0 Å². The highest BCUT2D eigenvalue weighted by molar-refractivity contribution is 9.10. The number of benzene rings is 2. The van der Waals surface area contributed by atoms with E-state index in [0.717, 1.165) is 15.9 Å². The molecule has 1 N–H and O–H groups in total. The minimum Gasteiger partial charge on any atom is -0.378 e.